The highest BCUT2D eigenvalue weighted by Crippen LogP contribution is 2.34. The molecule has 2 aromatic rings. The Morgan fingerprint density at radius 3 is 2.53 bits per heavy atom. The zero-order valence-corrected chi connectivity index (χ0v) is 17.6. The first-order chi connectivity index (χ1) is 14.5. The maximum atomic E-state index is 13.4. The number of rotatable bonds is 5. The normalized spacial score (nSPS) is 22.1. The SMILES string of the molecule is COc1ccc(C2CC(c3ccc(F)cc3)=NN2C(=O)CN2CCCCC2C)cc1. The number of hydrazone groups is 1. The second-order valence-electron chi connectivity index (χ2n) is 8.10. The summed E-state index contributed by atoms with van der Waals surface area (Å²) in [7, 11) is 1.63. The van der Waals surface area contributed by atoms with Gasteiger partial charge in [-0.05, 0) is 61.7 Å². The van der Waals surface area contributed by atoms with Crippen LogP contribution < -0.4 is 4.74 Å². The van der Waals surface area contributed by atoms with Gasteiger partial charge in [0.15, 0.2) is 0 Å². The van der Waals surface area contributed by atoms with Crippen molar-refractivity contribution < 1.29 is 13.9 Å². The standard InChI is InChI=1S/C24H28FN3O2/c1-17-5-3-4-14-27(17)16-24(29)28-23(19-8-12-21(30-2)13-9-19)15-22(26-28)18-6-10-20(25)11-7-18/h6-13,17,23H,3-5,14-16H2,1-2H3. The third-order valence-electron chi connectivity index (χ3n) is 6.12. The number of benzene rings is 2. The molecule has 5 nitrogen and oxygen atoms in total. The predicted octanol–water partition coefficient (Wildman–Crippen LogP) is 4.39. The third-order valence-corrected chi connectivity index (χ3v) is 6.12. The highest BCUT2D eigenvalue weighted by atomic mass is 19.1. The van der Waals surface area contributed by atoms with Crippen LogP contribution in [-0.4, -0.2) is 47.8 Å². The molecule has 6 heteroatoms. The minimum absolute atomic E-state index is 0.00156. The van der Waals surface area contributed by atoms with Crippen molar-refractivity contribution in [1.82, 2.24) is 9.91 Å². The number of carbonyl (C=O) groups excluding carboxylic acids is 1. The molecule has 0 spiro atoms. The summed E-state index contributed by atoms with van der Waals surface area (Å²) in [6, 6.07) is 14.3. The molecule has 0 N–H and O–H groups in total. The van der Waals surface area contributed by atoms with Crippen molar-refractivity contribution in [1.29, 1.82) is 0 Å². The van der Waals surface area contributed by atoms with E-state index >= 15 is 0 Å². The van der Waals surface area contributed by atoms with Crippen molar-refractivity contribution >= 4 is 11.6 Å². The van der Waals surface area contributed by atoms with Gasteiger partial charge in [0.05, 0.1) is 25.4 Å². The number of methoxy groups -OCH3 is 1. The smallest absolute Gasteiger partial charge is 0.257 e. The number of hydrogen-bond acceptors (Lipinski definition) is 4. The van der Waals surface area contributed by atoms with E-state index in [4.69, 9.17) is 9.84 Å². The minimum Gasteiger partial charge on any atom is -0.497 e. The summed E-state index contributed by atoms with van der Waals surface area (Å²) < 4.78 is 18.6. The molecule has 0 saturated carbocycles. The number of ether oxygens (including phenoxy) is 1. The molecule has 30 heavy (non-hydrogen) atoms. The summed E-state index contributed by atoms with van der Waals surface area (Å²) in [4.78, 5) is 15.5. The van der Waals surface area contributed by atoms with Gasteiger partial charge in [0, 0.05) is 12.5 Å². The first-order valence-corrected chi connectivity index (χ1v) is 10.6. The van der Waals surface area contributed by atoms with Crippen molar-refractivity contribution in [2.24, 2.45) is 5.10 Å². The van der Waals surface area contributed by atoms with Gasteiger partial charge in [-0.3, -0.25) is 9.69 Å². The summed E-state index contributed by atoms with van der Waals surface area (Å²) in [5, 5.41) is 6.33. The Kier molecular flexibility index (Phi) is 6.13. The Morgan fingerprint density at radius 2 is 1.87 bits per heavy atom. The van der Waals surface area contributed by atoms with E-state index in [0.717, 1.165) is 42.0 Å². The Balaban J connectivity index is 1.60. The Hall–Kier alpha value is -2.73. The van der Waals surface area contributed by atoms with Crippen molar-refractivity contribution in [3.05, 3.63) is 65.5 Å². The van der Waals surface area contributed by atoms with Gasteiger partial charge in [0.2, 0.25) is 0 Å². The van der Waals surface area contributed by atoms with E-state index in [9.17, 15) is 9.18 Å². The molecule has 2 aliphatic rings. The number of piperidine rings is 1. The molecule has 2 heterocycles. The van der Waals surface area contributed by atoms with E-state index in [0.29, 0.717) is 19.0 Å². The lowest BCUT2D eigenvalue weighted by atomic mass is 9.98. The highest BCUT2D eigenvalue weighted by Gasteiger charge is 2.34. The first-order valence-electron chi connectivity index (χ1n) is 10.6. The fraction of sp³-hybridized carbons (Fsp3) is 0.417. The van der Waals surface area contributed by atoms with E-state index < -0.39 is 0 Å². The summed E-state index contributed by atoms with van der Waals surface area (Å²) in [6.07, 6.45) is 4.07. The van der Waals surface area contributed by atoms with Crippen LogP contribution in [0.25, 0.3) is 0 Å². The van der Waals surface area contributed by atoms with E-state index in [1.807, 2.05) is 24.3 Å². The van der Waals surface area contributed by atoms with Gasteiger partial charge < -0.3 is 4.74 Å². The summed E-state index contributed by atoms with van der Waals surface area (Å²) in [6.45, 7) is 3.50. The van der Waals surface area contributed by atoms with Gasteiger partial charge >= 0.3 is 0 Å². The van der Waals surface area contributed by atoms with Crippen LogP contribution in [0.1, 0.15) is 49.8 Å². The van der Waals surface area contributed by atoms with Crippen LogP contribution in [0.2, 0.25) is 0 Å². The summed E-state index contributed by atoms with van der Waals surface area (Å²) in [5.41, 5.74) is 2.66. The quantitative estimate of drug-likeness (QED) is 0.736. The zero-order chi connectivity index (χ0) is 21.1. The summed E-state index contributed by atoms with van der Waals surface area (Å²) in [5.74, 6) is 0.495. The molecule has 2 unspecified atom stereocenters. The fourth-order valence-corrected chi connectivity index (χ4v) is 4.28. The van der Waals surface area contributed by atoms with Crippen molar-refractivity contribution in [2.45, 2.75) is 44.7 Å². The Morgan fingerprint density at radius 1 is 1.13 bits per heavy atom. The lowest BCUT2D eigenvalue weighted by molar-refractivity contribution is -0.135. The fourth-order valence-electron chi connectivity index (χ4n) is 4.28. The lowest BCUT2D eigenvalue weighted by Gasteiger charge is -2.34. The average molecular weight is 410 g/mol. The number of hydrogen-bond donors (Lipinski definition) is 0. The van der Waals surface area contributed by atoms with E-state index in [2.05, 4.69) is 11.8 Å². The molecule has 4 rings (SSSR count). The molecule has 0 aromatic heterocycles. The first kappa shape index (κ1) is 20.5. The molecule has 0 bridgehead atoms. The third kappa shape index (κ3) is 4.38. The van der Waals surface area contributed by atoms with Crippen LogP contribution in [0.4, 0.5) is 4.39 Å². The number of likely N-dealkylation sites (tertiary alicyclic amines) is 1. The molecular weight excluding hydrogens is 381 g/mol. The minimum atomic E-state index is -0.281. The number of halogens is 1. The molecule has 158 valence electrons. The monoisotopic (exact) mass is 409 g/mol. The Bertz CT molecular complexity index is 911. The van der Waals surface area contributed by atoms with E-state index in [1.165, 1.54) is 18.6 Å². The van der Waals surface area contributed by atoms with Gasteiger partial charge in [0.1, 0.15) is 11.6 Å². The number of amides is 1. The molecule has 0 aliphatic carbocycles. The Labute approximate surface area is 177 Å². The van der Waals surface area contributed by atoms with E-state index in [1.54, 1.807) is 24.3 Å². The molecule has 0 radical (unpaired) electrons. The molecule has 2 atom stereocenters. The van der Waals surface area contributed by atoms with Gasteiger partial charge in [0.25, 0.3) is 5.91 Å². The zero-order valence-electron chi connectivity index (χ0n) is 17.6. The van der Waals surface area contributed by atoms with Gasteiger partial charge in [-0.15, -0.1) is 0 Å². The van der Waals surface area contributed by atoms with Crippen molar-refractivity contribution in [2.75, 3.05) is 20.2 Å². The molecule has 1 fully saturated rings. The van der Waals surface area contributed by atoms with Gasteiger partial charge in [-0.2, -0.15) is 5.10 Å². The van der Waals surface area contributed by atoms with Crippen LogP contribution in [-0.2, 0) is 4.79 Å². The summed E-state index contributed by atoms with van der Waals surface area (Å²) >= 11 is 0. The van der Waals surface area contributed by atoms with Gasteiger partial charge in [-0.1, -0.05) is 30.7 Å². The van der Waals surface area contributed by atoms with Crippen molar-refractivity contribution in [3.63, 3.8) is 0 Å². The molecule has 2 aliphatic heterocycles. The highest BCUT2D eigenvalue weighted by molar-refractivity contribution is 6.03. The second kappa shape index (κ2) is 8.96. The molecule has 2 aromatic carbocycles. The van der Waals surface area contributed by atoms with E-state index in [-0.39, 0.29) is 17.8 Å². The van der Waals surface area contributed by atoms with Gasteiger partial charge in [-0.25, -0.2) is 9.40 Å². The predicted molar refractivity (Wildman–Crippen MR) is 115 cm³/mol. The van der Waals surface area contributed by atoms with Crippen molar-refractivity contribution in [3.8, 4) is 5.75 Å². The number of nitrogens with zero attached hydrogens (tertiary/aromatic N) is 3. The lowest BCUT2D eigenvalue weighted by Crippen LogP contribution is -2.44. The topological polar surface area (TPSA) is 45.1 Å². The van der Waals surface area contributed by atoms with Crippen LogP contribution in [0.5, 0.6) is 5.75 Å². The molecule has 1 amide bonds. The van der Waals surface area contributed by atoms with Crippen LogP contribution in [0.3, 0.4) is 0 Å². The second-order valence-corrected chi connectivity index (χ2v) is 8.10. The van der Waals surface area contributed by atoms with Crippen LogP contribution in [0, 0.1) is 5.82 Å². The maximum absolute atomic E-state index is 13.4. The van der Waals surface area contributed by atoms with Crippen LogP contribution in [0.15, 0.2) is 53.6 Å². The molecular formula is C24H28FN3O2. The maximum Gasteiger partial charge on any atom is 0.257 e. The number of carbonyl (C=O) groups is 1. The average Bonchev–Trinajstić information content (AvgIpc) is 3.21. The van der Waals surface area contributed by atoms with Crippen LogP contribution >= 0.6 is 0 Å². The molecule has 1 saturated heterocycles. The largest absolute Gasteiger partial charge is 0.497 e.